The number of rotatable bonds is 7. The molecule has 3 heteroatoms. The van der Waals surface area contributed by atoms with E-state index < -0.39 is 0 Å². The maximum atomic E-state index is 5.98. The van der Waals surface area contributed by atoms with E-state index in [0.29, 0.717) is 6.61 Å². The van der Waals surface area contributed by atoms with Gasteiger partial charge in [0.1, 0.15) is 6.61 Å². The quantitative estimate of drug-likeness (QED) is 0.837. The minimum atomic E-state index is 0.542. The maximum absolute atomic E-state index is 5.98. The minimum absolute atomic E-state index is 0.542. The lowest BCUT2D eigenvalue weighted by Gasteiger charge is -2.15. The van der Waals surface area contributed by atoms with Crippen LogP contribution in [0.1, 0.15) is 18.1 Å². The van der Waals surface area contributed by atoms with Crippen LogP contribution in [0.4, 0.5) is 0 Å². The van der Waals surface area contributed by atoms with Crippen LogP contribution in [0.25, 0.3) is 0 Å². The van der Waals surface area contributed by atoms with Crippen LogP contribution in [0.15, 0.2) is 48.5 Å². The van der Waals surface area contributed by atoms with Crippen molar-refractivity contribution >= 4 is 0 Å². The number of hydrogen-bond acceptors (Lipinski definition) is 3. The van der Waals surface area contributed by atoms with Crippen molar-refractivity contribution in [2.24, 2.45) is 0 Å². The Labute approximate surface area is 120 Å². The molecule has 0 saturated carbocycles. The van der Waals surface area contributed by atoms with E-state index in [1.807, 2.05) is 30.3 Å². The van der Waals surface area contributed by atoms with E-state index in [9.17, 15) is 0 Å². The van der Waals surface area contributed by atoms with Gasteiger partial charge in [-0.3, -0.25) is 0 Å². The predicted octanol–water partition coefficient (Wildman–Crippen LogP) is 3.38. The molecule has 0 heterocycles. The molecule has 0 aliphatic heterocycles. The first kappa shape index (κ1) is 14.4. The number of nitrogens with one attached hydrogen (secondary N) is 1. The highest BCUT2D eigenvalue weighted by molar-refractivity contribution is 5.46. The zero-order valence-corrected chi connectivity index (χ0v) is 12.1. The van der Waals surface area contributed by atoms with Crippen LogP contribution in [-0.2, 0) is 13.2 Å². The molecule has 106 valence electrons. The van der Waals surface area contributed by atoms with Gasteiger partial charge in [0.15, 0.2) is 11.5 Å². The van der Waals surface area contributed by atoms with Gasteiger partial charge in [0, 0.05) is 12.1 Å². The fourth-order valence-electron chi connectivity index (χ4n) is 2.01. The van der Waals surface area contributed by atoms with Crippen molar-refractivity contribution in [2.45, 2.75) is 20.1 Å². The van der Waals surface area contributed by atoms with E-state index in [1.165, 1.54) is 0 Å². The monoisotopic (exact) mass is 271 g/mol. The van der Waals surface area contributed by atoms with Crippen molar-refractivity contribution in [3.8, 4) is 11.5 Å². The van der Waals surface area contributed by atoms with E-state index in [1.54, 1.807) is 7.11 Å². The average molecular weight is 271 g/mol. The third-order valence-electron chi connectivity index (χ3n) is 3.07. The summed E-state index contributed by atoms with van der Waals surface area (Å²) >= 11 is 0. The fraction of sp³-hybridized carbons (Fsp3) is 0.294. The number of para-hydroxylation sites is 1. The molecule has 1 N–H and O–H groups in total. The van der Waals surface area contributed by atoms with Crippen molar-refractivity contribution in [3.05, 3.63) is 59.7 Å². The van der Waals surface area contributed by atoms with Crippen molar-refractivity contribution in [1.82, 2.24) is 5.32 Å². The molecule has 0 radical (unpaired) electrons. The smallest absolute Gasteiger partial charge is 0.166 e. The van der Waals surface area contributed by atoms with Crippen LogP contribution in [0.3, 0.4) is 0 Å². The summed E-state index contributed by atoms with van der Waals surface area (Å²) in [6, 6.07) is 16.1. The largest absolute Gasteiger partial charge is 0.493 e. The van der Waals surface area contributed by atoms with E-state index in [4.69, 9.17) is 9.47 Å². The second kappa shape index (κ2) is 7.56. The Morgan fingerprint density at radius 2 is 1.80 bits per heavy atom. The summed E-state index contributed by atoms with van der Waals surface area (Å²) in [5.74, 6) is 1.59. The van der Waals surface area contributed by atoms with Gasteiger partial charge in [-0.25, -0.2) is 0 Å². The summed E-state index contributed by atoms with van der Waals surface area (Å²) in [6.07, 6.45) is 0. The molecular formula is C17H21NO2. The summed E-state index contributed by atoms with van der Waals surface area (Å²) < 4.78 is 11.4. The van der Waals surface area contributed by atoms with Crippen molar-refractivity contribution in [1.29, 1.82) is 0 Å². The molecule has 0 bridgehead atoms. The molecule has 0 aliphatic carbocycles. The summed E-state index contributed by atoms with van der Waals surface area (Å²) in [5, 5.41) is 3.32. The molecule has 0 unspecified atom stereocenters. The zero-order chi connectivity index (χ0) is 14.2. The molecular weight excluding hydrogens is 250 g/mol. The second-order valence-electron chi connectivity index (χ2n) is 4.50. The Hall–Kier alpha value is -2.00. The standard InChI is InChI=1S/C17H21NO2/c1-3-18-12-15-10-7-11-16(19-2)17(15)20-13-14-8-5-4-6-9-14/h4-11,18H,3,12-13H2,1-2H3. The van der Waals surface area contributed by atoms with Crippen LogP contribution in [0, 0.1) is 0 Å². The number of hydrogen-bond donors (Lipinski definition) is 1. The summed E-state index contributed by atoms with van der Waals surface area (Å²) in [7, 11) is 1.67. The van der Waals surface area contributed by atoms with Crippen LogP contribution in [0.2, 0.25) is 0 Å². The van der Waals surface area contributed by atoms with Gasteiger partial charge >= 0.3 is 0 Å². The van der Waals surface area contributed by atoms with Gasteiger partial charge < -0.3 is 14.8 Å². The highest BCUT2D eigenvalue weighted by atomic mass is 16.5. The van der Waals surface area contributed by atoms with Crippen molar-refractivity contribution in [3.63, 3.8) is 0 Å². The Morgan fingerprint density at radius 3 is 2.50 bits per heavy atom. The average Bonchev–Trinajstić information content (AvgIpc) is 2.52. The van der Waals surface area contributed by atoms with E-state index in [0.717, 1.165) is 35.7 Å². The van der Waals surface area contributed by atoms with Gasteiger partial charge in [0.05, 0.1) is 7.11 Å². The molecule has 2 aromatic rings. The van der Waals surface area contributed by atoms with Crippen molar-refractivity contribution in [2.75, 3.05) is 13.7 Å². The molecule has 3 nitrogen and oxygen atoms in total. The third kappa shape index (κ3) is 3.75. The first-order valence-corrected chi connectivity index (χ1v) is 6.88. The van der Waals surface area contributed by atoms with Gasteiger partial charge in [0.25, 0.3) is 0 Å². The topological polar surface area (TPSA) is 30.5 Å². The Kier molecular flexibility index (Phi) is 5.44. The number of methoxy groups -OCH3 is 1. The van der Waals surface area contributed by atoms with Gasteiger partial charge in [-0.1, -0.05) is 49.4 Å². The number of benzene rings is 2. The molecule has 0 amide bonds. The second-order valence-corrected chi connectivity index (χ2v) is 4.50. The van der Waals surface area contributed by atoms with E-state index in [-0.39, 0.29) is 0 Å². The molecule has 2 rings (SSSR count). The predicted molar refractivity (Wildman–Crippen MR) is 81.1 cm³/mol. The molecule has 0 aliphatic rings. The lowest BCUT2D eigenvalue weighted by Crippen LogP contribution is -2.13. The van der Waals surface area contributed by atoms with Crippen LogP contribution in [0.5, 0.6) is 11.5 Å². The first-order valence-electron chi connectivity index (χ1n) is 6.88. The Morgan fingerprint density at radius 1 is 1.00 bits per heavy atom. The highest BCUT2D eigenvalue weighted by Crippen LogP contribution is 2.31. The lowest BCUT2D eigenvalue weighted by molar-refractivity contribution is 0.280. The van der Waals surface area contributed by atoms with E-state index in [2.05, 4.69) is 30.4 Å². The van der Waals surface area contributed by atoms with Crippen LogP contribution in [-0.4, -0.2) is 13.7 Å². The Balaban J connectivity index is 2.15. The normalized spacial score (nSPS) is 10.3. The van der Waals surface area contributed by atoms with Crippen LogP contribution < -0.4 is 14.8 Å². The van der Waals surface area contributed by atoms with Gasteiger partial charge in [-0.05, 0) is 18.2 Å². The molecule has 0 aromatic heterocycles. The molecule has 0 saturated heterocycles. The molecule has 0 atom stereocenters. The Bertz CT molecular complexity index is 526. The van der Waals surface area contributed by atoms with Gasteiger partial charge in [0.2, 0.25) is 0 Å². The molecule has 0 fully saturated rings. The molecule has 20 heavy (non-hydrogen) atoms. The molecule has 0 spiro atoms. The summed E-state index contributed by atoms with van der Waals surface area (Å²) in [6.45, 7) is 4.33. The first-order chi connectivity index (χ1) is 9.85. The lowest BCUT2D eigenvalue weighted by atomic mass is 10.1. The summed E-state index contributed by atoms with van der Waals surface area (Å²) in [5.41, 5.74) is 2.26. The highest BCUT2D eigenvalue weighted by Gasteiger charge is 2.10. The molecule has 2 aromatic carbocycles. The fourth-order valence-corrected chi connectivity index (χ4v) is 2.01. The maximum Gasteiger partial charge on any atom is 0.166 e. The van der Waals surface area contributed by atoms with E-state index >= 15 is 0 Å². The SMILES string of the molecule is CCNCc1cccc(OC)c1OCc1ccccc1. The van der Waals surface area contributed by atoms with Gasteiger partial charge in [-0.15, -0.1) is 0 Å². The third-order valence-corrected chi connectivity index (χ3v) is 3.07. The number of ether oxygens (including phenoxy) is 2. The van der Waals surface area contributed by atoms with Gasteiger partial charge in [-0.2, -0.15) is 0 Å². The zero-order valence-electron chi connectivity index (χ0n) is 12.1. The van der Waals surface area contributed by atoms with Crippen LogP contribution >= 0.6 is 0 Å². The summed E-state index contributed by atoms with van der Waals surface area (Å²) in [4.78, 5) is 0. The minimum Gasteiger partial charge on any atom is -0.493 e. The van der Waals surface area contributed by atoms with Crippen molar-refractivity contribution < 1.29 is 9.47 Å².